The number of esters is 2. The van der Waals surface area contributed by atoms with Crippen molar-refractivity contribution in [3.63, 3.8) is 0 Å². The molecule has 0 aliphatic carbocycles. The molecule has 2 atom stereocenters. The second-order valence-electron chi connectivity index (χ2n) is 12.2. The van der Waals surface area contributed by atoms with Gasteiger partial charge in [0.2, 0.25) is 0 Å². The molecule has 0 aromatic heterocycles. The topological polar surface area (TPSA) is 108 Å². The Morgan fingerprint density at radius 3 is 1.64 bits per heavy atom. The second kappa shape index (κ2) is 34.1. The van der Waals surface area contributed by atoms with E-state index in [9.17, 15) is 19.0 Å². The molecular weight excluding hydrogens is 615 g/mol. The summed E-state index contributed by atoms with van der Waals surface area (Å²) in [4.78, 5) is 34.5. The summed E-state index contributed by atoms with van der Waals surface area (Å²) in [5.41, 5.74) is 0. The van der Waals surface area contributed by atoms with Crippen LogP contribution in [0.25, 0.3) is 0 Å². The molecule has 0 spiro atoms. The first-order valence-electron chi connectivity index (χ1n) is 18.8. The summed E-state index contributed by atoms with van der Waals surface area (Å²) in [6.07, 6.45) is 36.3. The van der Waals surface area contributed by atoms with E-state index in [0.717, 1.165) is 57.8 Å². The predicted molar refractivity (Wildman–Crippen MR) is 193 cm³/mol. The fraction of sp³-hybridized carbons (Fsp3) is 0.789. The number of rotatable bonds is 34. The van der Waals surface area contributed by atoms with Gasteiger partial charge < -0.3 is 14.4 Å². The number of phosphoric acid groups is 1. The Morgan fingerprint density at radius 2 is 1.09 bits per heavy atom. The number of hydrogen-bond acceptors (Lipinski definition) is 7. The summed E-state index contributed by atoms with van der Waals surface area (Å²) in [6, 6.07) is 0. The molecule has 0 aromatic rings. The van der Waals surface area contributed by atoms with Gasteiger partial charge in [-0.25, -0.2) is 4.57 Å². The molecule has 0 heterocycles. The van der Waals surface area contributed by atoms with E-state index in [0.29, 0.717) is 6.42 Å². The largest absolute Gasteiger partial charge is 0.472 e. The van der Waals surface area contributed by atoms with Crippen LogP contribution in [-0.2, 0) is 32.7 Å². The highest BCUT2D eigenvalue weighted by Gasteiger charge is 2.25. The first-order chi connectivity index (χ1) is 22.8. The molecule has 0 aromatic carbocycles. The first kappa shape index (κ1) is 45.3. The van der Waals surface area contributed by atoms with Crippen LogP contribution >= 0.6 is 7.82 Å². The molecule has 0 aliphatic heterocycles. The Morgan fingerprint density at radius 1 is 0.596 bits per heavy atom. The van der Waals surface area contributed by atoms with Gasteiger partial charge in [0.15, 0.2) is 6.10 Å². The van der Waals surface area contributed by atoms with Crippen LogP contribution in [0.4, 0.5) is 0 Å². The predicted octanol–water partition coefficient (Wildman–Crippen LogP) is 11.3. The SMILES string of the molecule is CC/C=C\C/C=C\C/C=C\CCCCCC(=O)OC(COC(=O)CCCCCCCCCCCCCCCC)COP(=O)(O)OCC. The van der Waals surface area contributed by atoms with Gasteiger partial charge in [0.1, 0.15) is 6.61 Å². The van der Waals surface area contributed by atoms with E-state index in [1.54, 1.807) is 6.92 Å². The van der Waals surface area contributed by atoms with E-state index in [-0.39, 0.29) is 32.0 Å². The lowest BCUT2D eigenvalue weighted by molar-refractivity contribution is -0.161. The maximum absolute atomic E-state index is 12.5. The third-order valence-electron chi connectivity index (χ3n) is 7.71. The molecule has 8 nitrogen and oxygen atoms in total. The molecule has 0 saturated carbocycles. The number of hydrogen-bond donors (Lipinski definition) is 1. The summed E-state index contributed by atoms with van der Waals surface area (Å²) in [5, 5.41) is 0. The van der Waals surface area contributed by atoms with Gasteiger partial charge in [-0.15, -0.1) is 0 Å². The number of allylic oxidation sites excluding steroid dienone is 6. The summed E-state index contributed by atoms with van der Waals surface area (Å²) in [6.45, 7) is 5.31. The van der Waals surface area contributed by atoms with Gasteiger partial charge in [-0.1, -0.05) is 140 Å². The van der Waals surface area contributed by atoms with Crippen LogP contribution in [0.15, 0.2) is 36.5 Å². The zero-order valence-corrected chi connectivity index (χ0v) is 31.1. The Bertz CT molecular complexity index is 870. The summed E-state index contributed by atoms with van der Waals surface area (Å²) in [5.74, 6) is -0.831. The summed E-state index contributed by atoms with van der Waals surface area (Å²) >= 11 is 0. The number of carbonyl (C=O) groups is 2. The minimum atomic E-state index is -4.28. The summed E-state index contributed by atoms with van der Waals surface area (Å²) in [7, 11) is -4.28. The monoisotopic (exact) mass is 684 g/mol. The van der Waals surface area contributed by atoms with Crippen LogP contribution in [0.3, 0.4) is 0 Å². The van der Waals surface area contributed by atoms with E-state index in [1.807, 2.05) is 0 Å². The van der Waals surface area contributed by atoms with Crippen LogP contribution in [-0.4, -0.2) is 42.8 Å². The number of unbranched alkanes of at least 4 members (excludes halogenated alkanes) is 16. The van der Waals surface area contributed by atoms with Crippen molar-refractivity contribution in [2.75, 3.05) is 19.8 Å². The Kier molecular flexibility index (Phi) is 32.9. The third kappa shape index (κ3) is 33.9. The van der Waals surface area contributed by atoms with Crippen molar-refractivity contribution >= 4 is 19.8 Å². The van der Waals surface area contributed by atoms with Crippen molar-refractivity contribution in [3.05, 3.63) is 36.5 Å². The molecule has 0 amide bonds. The number of carbonyl (C=O) groups excluding carboxylic acids is 2. The highest BCUT2D eigenvalue weighted by Crippen LogP contribution is 2.43. The van der Waals surface area contributed by atoms with Gasteiger partial charge >= 0.3 is 19.8 Å². The lowest BCUT2D eigenvalue weighted by Gasteiger charge is -2.19. The molecule has 0 fully saturated rings. The van der Waals surface area contributed by atoms with Gasteiger partial charge in [0.05, 0.1) is 13.2 Å². The lowest BCUT2D eigenvalue weighted by Crippen LogP contribution is -2.29. The zero-order chi connectivity index (χ0) is 34.7. The molecule has 1 N–H and O–H groups in total. The number of phosphoric ester groups is 1. The van der Waals surface area contributed by atoms with Gasteiger partial charge in [0, 0.05) is 12.8 Å². The molecule has 0 saturated heterocycles. The van der Waals surface area contributed by atoms with Gasteiger partial charge in [0.25, 0.3) is 0 Å². The van der Waals surface area contributed by atoms with E-state index >= 15 is 0 Å². The van der Waals surface area contributed by atoms with Crippen molar-refractivity contribution in [1.82, 2.24) is 0 Å². The van der Waals surface area contributed by atoms with Crippen molar-refractivity contribution in [2.24, 2.45) is 0 Å². The Balaban J connectivity index is 4.19. The van der Waals surface area contributed by atoms with Crippen LogP contribution in [0, 0.1) is 0 Å². The lowest BCUT2D eigenvalue weighted by atomic mass is 10.0. The zero-order valence-electron chi connectivity index (χ0n) is 30.2. The van der Waals surface area contributed by atoms with Gasteiger partial charge in [-0.2, -0.15) is 0 Å². The minimum absolute atomic E-state index is 0.00501. The molecule has 0 rings (SSSR count). The molecule has 2 unspecified atom stereocenters. The standard InChI is InChI=1S/C38H69O8P/c1-4-7-9-11-13-15-17-19-21-22-24-26-28-30-32-37(39)43-34-36(35-45-47(41,42)44-6-3)46-38(40)33-31-29-27-25-23-20-18-16-14-12-10-8-5-2/h8,10,14,16,20,23,36H,4-7,9,11-13,15,17-19,21-22,24-35H2,1-3H3,(H,41,42)/b10-8-,16-14-,23-20-. The van der Waals surface area contributed by atoms with Crippen molar-refractivity contribution in [3.8, 4) is 0 Å². The fourth-order valence-corrected chi connectivity index (χ4v) is 5.75. The van der Waals surface area contributed by atoms with E-state index in [1.165, 1.54) is 70.6 Å². The molecular formula is C38H69O8P. The van der Waals surface area contributed by atoms with Crippen LogP contribution in [0.2, 0.25) is 0 Å². The average Bonchev–Trinajstić information content (AvgIpc) is 3.04. The number of ether oxygens (including phenoxy) is 2. The second-order valence-corrected chi connectivity index (χ2v) is 13.7. The molecule has 274 valence electrons. The molecule has 0 bridgehead atoms. The summed E-state index contributed by atoms with van der Waals surface area (Å²) < 4.78 is 32.5. The fourth-order valence-electron chi connectivity index (χ4n) is 5.00. The van der Waals surface area contributed by atoms with E-state index in [2.05, 4.69) is 50.3 Å². The Hall–Kier alpha value is -1.73. The van der Waals surface area contributed by atoms with E-state index in [4.69, 9.17) is 18.5 Å². The van der Waals surface area contributed by atoms with Crippen LogP contribution < -0.4 is 0 Å². The van der Waals surface area contributed by atoms with Crippen molar-refractivity contribution < 1.29 is 37.6 Å². The van der Waals surface area contributed by atoms with Crippen molar-refractivity contribution in [2.45, 2.75) is 175 Å². The van der Waals surface area contributed by atoms with Gasteiger partial charge in [-0.05, 0) is 51.9 Å². The third-order valence-corrected chi connectivity index (χ3v) is 8.77. The first-order valence-corrected chi connectivity index (χ1v) is 20.3. The molecule has 0 aliphatic rings. The van der Waals surface area contributed by atoms with Crippen LogP contribution in [0.1, 0.15) is 168 Å². The average molecular weight is 685 g/mol. The molecule has 47 heavy (non-hydrogen) atoms. The normalized spacial score (nSPS) is 13.9. The Labute approximate surface area is 287 Å². The smallest absolute Gasteiger partial charge is 0.462 e. The molecule has 0 radical (unpaired) electrons. The van der Waals surface area contributed by atoms with E-state index < -0.39 is 26.5 Å². The quantitative estimate of drug-likeness (QED) is 0.0309. The van der Waals surface area contributed by atoms with Crippen LogP contribution in [0.5, 0.6) is 0 Å². The maximum Gasteiger partial charge on any atom is 0.472 e. The highest BCUT2D eigenvalue weighted by molar-refractivity contribution is 7.47. The highest BCUT2D eigenvalue weighted by atomic mass is 31.2. The van der Waals surface area contributed by atoms with Gasteiger partial charge in [-0.3, -0.25) is 18.6 Å². The molecule has 9 heteroatoms. The maximum atomic E-state index is 12.5. The van der Waals surface area contributed by atoms with Crippen molar-refractivity contribution in [1.29, 1.82) is 0 Å². The minimum Gasteiger partial charge on any atom is -0.462 e.